The molecule has 4 rings (SSSR count). The summed E-state index contributed by atoms with van der Waals surface area (Å²) in [5.41, 5.74) is 3.99. The molecule has 7 heteroatoms. The van der Waals surface area contributed by atoms with Crippen molar-refractivity contribution in [3.63, 3.8) is 0 Å². The summed E-state index contributed by atoms with van der Waals surface area (Å²) >= 11 is 1.58. The van der Waals surface area contributed by atoms with Gasteiger partial charge in [0, 0.05) is 10.9 Å². The number of carbonyl (C=O) groups excluding carboxylic acids is 1. The van der Waals surface area contributed by atoms with Crippen LogP contribution in [0.3, 0.4) is 0 Å². The van der Waals surface area contributed by atoms with E-state index in [4.69, 9.17) is 0 Å². The van der Waals surface area contributed by atoms with Crippen molar-refractivity contribution < 1.29 is 9.18 Å². The number of nitrogens with one attached hydrogen (secondary N) is 1. The van der Waals surface area contributed by atoms with E-state index in [0.29, 0.717) is 17.8 Å². The second-order valence-electron chi connectivity index (χ2n) is 5.90. The van der Waals surface area contributed by atoms with Gasteiger partial charge < -0.3 is 5.32 Å². The van der Waals surface area contributed by atoms with Gasteiger partial charge >= 0.3 is 0 Å². The van der Waals surface area contributed by atoms with E-state index < -0.39 is 0 Å². The molecule has 0 radical (unpaired) electrons. The van der Waals surface area contributed by atoms with Crippen molar-refractivity contribution in [1.82, 2.24) is 20.3 Å². The molecular formula is C20H15FN4OS. The Morgan fingerprint density at radius 2 is 1.74 bits per heavy atom. The Bertz CT molecular complexity index is 1040. The molecule has 4 aromatic rings. The van der Waals surface area contributed by atoms with Crippen molar-refractivity contribution in [2.45, 2.75) is 6.54 Å². The third-order valence-electron chi connectivity index (χ3n) is 4.07. The summed E-state index contributed by atoms with van der Waals surface area (Å²) in [6, 6.07) is 15.4. The zero-order chi connectivity index (χ0) is 18.6. The van der Waals surface area contributed by atoms with Gasteiger partial charge in [-0.05, 0) is 46.8 Å². The topological polar surface area (TPSA) is 59.8 Å². The summed E-state index contributed by atoms with van der Waals surface area (Å²) in [7, 11) is 0. The molecule has 0 spiro atoms. The third-order valence-corrected chi connectivity index (χ3v) is 4.74. The van der Waals surface area contributed by atoms with Crippen molar-refractivity contribution in [1.29, 1.82) is 0 Å². The number of thiophene rings is 1. The number of hydrogen-bond acceptors (Lipinski definition) is 4. The van der Waals surface area contributed by atoms with Gasteiger partial charge in [-0.15, -0.1) is 5.10 Å². The average molecular weight is 378 g/mol. The molecular weight excluding hydrogens is 363 g/mol. The fraction of sp³-hybridized carbons (Fsp3) is 0.0500. The van der Waals surface area contributed by atoms with E-state index >= 15 is 0 Å². The zero-order valence-electron chi connectivity index (χ0n) is 14.2. The Hall–Kier alpha value is -3.32. The first-order chi connectivity index (χ1) is 13.2. The number of benzene rings is 2. The monoisotopic (exact) mass is 378 g/mol. The first-order valence-corrected chi connectivity index (χ1v) is 9.21. The highest BCUT2D eigenvalue weighted by molar-refractivity contribution is 7.08. The Morgan fingerprint density at radius 3 is 2.41 bits per heavy atom. The van der Waals surface area contributed by atoms with Crippen LogP contribution in [0.2, 0.25) is 0 Å². The predicted octanol–water partition coefficient (Wildman–Crippen LogP) is 4.06. The maximum absolute atomic E-state index is 13.0. The molecule has 2 aromatic heterocycles. The molecule has 27 heavy (non-hydrogen) atoms. The van der Waals surface area contributed by atoms with Gasteiger partial charge in [0.25, 0.3) is 5.91 Å². The van der Waals surface area contributed by atoms with Crippen molar-refractivity contribution in [2.75, 3.05) is 0 Å². The van der Waals surface area contributed by atoms with Crippen molar-refractivity contribution in [2.24, 2.45) is 0 Å². The second kappa shape index (κ2) is 7.51. The Kier molecular flexibility index (Phi) is 4.76. The zero-order valence-corrected chi connectivity index (χ0v) is 15.0. The van der Waals surface area contributed by atoms with Crippen LogP contribution in [0.1, 0.15) is 16.1 Å². The minimum Gasteiger partial charge on any atom is -0.346 e. The summed E-state index contributed by atoms with van der Waals surface area (Å²) in [5, 5.41) is 14.9. The number of halogens is 1. The van der Waals surface area contributed by atoms with Gasteiger partial charge in [-0.3, -0.25) is 4.79 Å². The molecule has 1 amide bonds. The number of carbonyl (C=O) groups is 1. The highest BCUT2D eigenvalue weighted by Crippen LogP contribution is 2.20. The van der Waals surface area contributed by atoms with Gasteiger partial charge in [-0.1, -0.05) is 29.5 Å². The summed E-state index contributed by atoms with van der Waals surface area (Å²) < 4.78 is 14.7. The van der Waals surface area contributed by atoms with Gasteiger partial charge in [0.05, 0.1) is 18.4 Å². The smallest absolute Gasteiger partial charge is 0.251 e. The van der Waals surface area contributed by atoms with Crippen LogP contribution in [-0.2, 0) is 6.54 Å². The molecule has 0 aliphatic rings. The molecule has 0 saturated carbocycles. The van der Waals surface area contributed by atoms with Crippen molar-refractivity contribution in [3.05, 3.63) is 88.6 Å². The summed E-state index contributed by atoms with van der Waals surface area (Å²) in [6.07, 6.45) is 1.79. The molecule has 0 aliphatic carbocycles. The van der Waals surface area contributed by atoms with Gasteiger partial charge in [0.1, 0.15) is 11.5 Å². The summed E-state index contributed by atoms with van der Waals surface area (Å²) in [6.45, 7) is 0.294. The SMILES string of the molecule is O=C(NCc1cn(-c2ccsc2)nn1)c1ccc(-c2ccc(F)cc2)cc1. The molecule has 0 atom stereocenters. The molecule has 134 valence electrons. The van der Waals surface area contributed by atoms with Gasteiger partial charge in [0.15, 0.2) is 0 Å². The molecule has 0 bridgehead atoms. The van der Waals surface area contributed by atoms with Crippen LogP contribution in [0.4, 0.5) is 4.39 Å². The van der Waals surface area contributed by atoms with Crippen LogP contribution in [0, 0.1) is 5.82 Å². The molecule has 2 aromatic carbocycles. The highest BCUT2D eigenvalue weighted by Gasteiger charge is 2.08. The van der Waals surface area contributed by atoms with E-state index in [1.54, 1.807) is 46.5 Å². The Morgan fingerprint density at radius 1 is 1.04 bits per heavy atom. The predicted molar refractivity (Wildman–Crippen MR) is 102 cm³/mol. The first kappa shape index (κ1) is 17.1. The lowest BCUT2D eigenvalue weighted by Gasteiger charge is -2.05. The maximum atomic E-state index is 13.0. The molecule has 2 heterocycles. The van der Waals surface area contributed by atoms with Crippen LogP contribution < -0.4 is 5.32 Å². The van der Waals surface area contributed by atoms with Crippen molar-refractivity contribution in [3.8, 4) is 16.8 Å². The summed E-state index contributed by atoms with van der Waals surface area (Å²) in [5.74, 6) is -0.462. The number of nitrogens with zero attached hydrogens (tertiary/aromatic N) is 3. The van der Waals surface area contributed by atoms with Crippen LogP contribution in [0.15, 0.2) is 71.6 Å². The minimum atomic E-state index is -0.273. The van der Waals surface area contributed by atoms with E-state index in [-0.39, 0.29) is 11.7 Å². The lowest BCUT2D eigenvalue weighted by atomic mass is 10.0. The maximum Gasteiger partial charge on any atom is 0.251 e. The number of aromatic nitrogens is 3. The van der Waals surface area contributed by atoms with Crippen molar-refractivity contribution >= 4 is 17.2 Å². The van der Waals surface area contributed by atoms with Gasteiger partial charge in [0.2, 0.25) is 0 Å². The van der Waals surface area contributed by atoms with Crippen LogP contribution in [0.5, 0.6) is 0 Å². The number of rotatable bonds is 5. The van der Waals surface area contributed by atoms with E-state index in [2.05, 4.69) is 15.6 Å². The van der Waals surface area contributed by atoms with Crippen LogP contribution >= 0.6 is 11.3 Å². The fourth-order valence-corrected chi connectivity index (χ4v) is 3.25. The lowest BCUT2D eigenvalue weighted by molar-refractivity contribution is 0.0950. The van der Waals surface area contributed by atoms with E-state index in [1.165, 1.54) is 12.1 Å². The number of amides is 1. The van der Waals surface area contributed by atoms with Crippen LogP contribution in [0.25, 0.3) is 16.8 Å². The largest absolute Gasteiger partial charge is 0.346 e. The Balaban J connectivity index is 1.39. The number of hydrogen-bond donors (Lipinski definition) is 1. The normalized spacial score (nSPS) is 10.7. The molecule has 0 aliphatic heterocycles. The van der Waals surface area contributed by atoms with Crippen LogP contribution in [-0.4, -0.2) is 20.9 Å². The Labute approximate surface area is 159 Å². The molecule has 0 unspecified atom stereocenters. The van der Waals surface area contributed by atoms with E-state index in [9.17, 15) is 9.18 Å². The van der Waals surface area contributed by atoms with Gasteiger partial charge in [-0.2, -0.15) is 11.3 Å². The minimum absolute atomic E-state index is 0.189. The van der Waals surface area contributed by atoms with E-state index in [1.807, 2.05) is 29.0 Å². The standard InChI is InChI=1S/C20H15FN4OS/c21-17-7-5-15(6-8-17)14-1-3-16(4-2-14)20(26)22-11-18-12-25(24-23-18)19-9-10-27-13-19/h1-10,12-13H,11H2,(H,22,26). The molecule has 0 saturated heterocycles. The molecule has 1 N–H and O–H groups in total. The quantitative estimate of drug-likeness (QED) is 0.570. The summed E-state index contributed by atoms with van der Waals surface area (Å²) in [4.78, 5) is 12.3. The van der Waals surface area contributed by atoms with Gasteiger partial charge in [-0.25, -0.2) is 9.07 Å². The fourth-order valence-electron chi connectivity index (χ4n) is 2.62. The first-order valence-electron chi connectivity index (χ1n) is 8.27. The molecule has 0 fully saturated rings. The molecule has 5 nitrogen and oxygen atoms in total. The second-order valence-corrected chi connectivity index (χ2v) is 6.68. The highest BCUT2D eigenvalue weighted by atomic mass is 32.1. The third kappa shape index (κ3) is 3.93. The van der Waals surface area contributed by atoms with E-state index in [0.717, 1.165) is 16.8 Å². The lowest BCUT2D eigenvalue weighted by Crippen LogP contribution is -2.22. The average Bonchev–Trinajstić information content (AvgIpc) is 3.38.